The molecule has 18 nitrogen and oxygen atoms in total. The number of aliphatic hydroxyl groups excluding tert-OH is 8. The Bertz CT molecular complexity index is 1190. The Hall–Kier alpha value is -1.40. The number of aliphatic hydroxyl groups is 8. The molecule has 0 bridgehead atoms. The molecular formula is C30H44NNaO17. The van der Waals surface area contributed by atoms with Gasteiger partial charge in [-0.15, -0.1) is 0 Å². The number of carbonyl (C=O) groups excluding carboxylic acids is 2. The number of benzene rings is 1. The summed E-state index contributed by atoms with van der Waals surface area (Å²) in [6, 6.07) is 7.77. The number of nitrogens with one attached hydrogen (secondary N) is 1. The van der Waals surface area contributed by atoms with Crippen molar-refractivity contribution in [2.75, 3.05) is 26.4 Å². The Morgan fingerprint density at radius 2 is 1.76 bits per heavy atom. The maximum absolute atomic E-state index is 12.6. The summed E-state index contributed by atoms with van der Waals surface area (Å²) in [6.45, 7) is -0.466. The second kappa shape index (κ2) is 18.9. The van der Waals surface area contributed by atoms with Crippen molar-refractivity contribution in [3.05, 3.63) is 35.9 Å². The summed E-state index contributed by atoms with van der Waals surface area (Å²) in [7, 11) is 0. The predicted octanol–water partition coefficient (Wildman–Crippen LogP) is -8.62. The van der Waals surface area contributed by atoms with Crippen molar-refractivity contribution < 1.29 is 114 Å². The standard InChI is InChI=1S/C30H45NO17.Na/c1-14(34)31-21-16(35)9-30(29(41)42,47-26(21)22(37)17(36)10-32)48-27-24(39)19(11-33)46-28(25(27)40)45-18-7-8-44-20(23(18)38)13-43-12-15-5-3-2-4-6-15;/h2-6,16-28,32-33,35-40H,7-13H2,1H3,(H,31,34)(H,41,42);/q;+1/p-1/t16-,17+,18+,19+,20+,21+,22+,23+,24-,25+,26+,27-,28+,30-;/m0./s1. The molecule has 3 heterocycles. The first-order chi connectivity index (χ1) is 22.8. The maximum atomic E-state index is 12.6. The van der Waals surface area contributed by atoms with Gasteiger partial charge in [0.15, 0.2) is 6.29 Å². The fraction of sp³-hybridized carbons (Fsp3) is 0.733. The van der Waals surface area contributed by atoms with E-state index in [9.17, 15) is 55.5 Å². The average Bonchev–Trinajstić information content (AvgIpc) is 3.06. The molecule has 1 aromatic rings. The first-order valence-corrected chi connectivity index (χ1v) is 15.5. The van der Waals surface area contributed by atoms with Crippen molar-refractivity contribution in [2.24, 2.45) is 0 Å². The zero-order chi connectivity index (χ0) is 35.2. The fourth-order valence-corrected chi connectivity index (χ4v) is 5.94. The van der Waals surface area contributed by atoms with Crippen LogP contribution in [-0.2, 0) is 44.6 Å². The minimum absolute atomic E-state index is 0. The number of carbonyl (C=O) groups is 2. The third-order valence-electron chi connectivity index (χ3n) is 8.52. The van der Waals surface area contributed by atoms with Crippen LogP contribution in [0.1, 0.15) is 25.3 Å². The van der Waals surface area contributed by atoms with Crippen molar-refractivity contribution >= 4 is 11.9 Å². The van der Waals surface area contributed by atoms with Crippen molar-refractivity contribution in [3.8, 4) is 0 Å². The van der Waals surface area contributed by atoms with Crippen LogP contribution in [0.5, 0.6) is 0 Å². The van der Waals surface area contributed by atoms with Crippen molar-refractivity contribution in [1.29, 1.82) is 0 Å². The zero-order valence-electron chi connectivity index (χ0n) is 27.1. The molecule has 1 amide bonds. The molecule has 49 heavy (non-hydrogen) atoms. The van der Waals surface area contributed by atoms with Gasteiger partial charge in [-0.3, -0.25) is 4.79 Å². The molecule has 0 aliphatic carbocycles. The van der Waals surface area contributed by atoms with E-state index in [1.165, 1.54) is 0 Å². The molecule has 19 heteroatoms. The van der Waals surface area contributed by atoms with Crippen molar-refractivity contribution in [2.45, 2.75) is 112 Å². The second-order valence-electron chi connectivity index (χ2n) is 12.0. The number of carboxylic acids is 1. The normalized spacial score (nSPS) is 37.8. The zero-order valence-corrected chi connectivity index (χ0v) is 29.1. The minimum Gasteiger partial charge on any atom is -0.544 e. The average molecular weight is 714 g/mol. The predicted molar refractivity (Wildman–Crippen MR) is 154 cm³/mol. The minimum atomic E-state index is -3.04. The largest absolute Gasteiger partial charge is 1.00 e. The molecule has 3 fully saturated rings. The van der Waals surface area contributed by atoms with Gasteiger partial charge in [0.25, 0.3) is 0 Å². The van der Waals surface area contributed by atoms with Crippen LogP contribution in [0, 0.1) is 0 Å². The molecular weight excluding hydrogens is 669 g/mol. The van der Waals surface area contributed by atoms with Gasteiger partial charge in [-0.2, -0.15) is 0 Å². The molecule has 0 spiro atoms. The summed E-state index contributed by atoms with van der Waals surface area (Å²) in [5, 5.41) is 99.0. The molecule has 3 saturated heterocycles. The summed E-state index contributed by atoms with van der Waals surface area (Å²) in [4.78, 5) is 24.4. The van der Waals surface area contributed by atoms with E-state index in [-0.39, 0.29) is 55.8 Å². The van der Waals surface area contributed by atoms with Gasteiger partial charge in [0.1, 0.15) is 60.9 Å². The topological polar surface area (TPSA) is 286 Å². The SMILES string of the molecule is CC(=O)N[C@H]1[C@H]([C@H](O)[C@H](O)CO)O[C@@](O[C@H]2[C@@H](O)[C@@H](CO)O[C@@H](O[C@@H]3CCO[C@H](COCc4ccccc4)[C@@H]3O)[C@@H]2O)(C(=O)[O-])C[C@@H]1O.[Na+]. The summed E-state index contributed by atoms with van der Waals surface area (Å²) in [5.74, 6) is -5.90. The first kappa shape index (κ1) is 42.0. The van der Waals surface area contributed by atoms with Gasteiger partial charge in [0.05, 0.1) is 44.7 Å². The molecule has 14 atom stereocenters. The van der Waals surface area contributed by atoms with Crippen molar-refractivity contribution in [1.82, 2.24) is 5.32 Å². The van der Waals surface area contributed by atoms with E-state index in [1.807, 2.05) is 30.3 Å². The molecule has 0 unspecified atom stereocenters. The van der Waals surface area contributed by atoms with Crippen molar-refractivity contribution in [3.63, 3.8) is 0 Å². The second-order valence-corrected chi connectivity index (χ2v) is 12.0. The smallest absolute Gasteiger partial charge is 0.544 e. The van der Waals surface area contributed by atoms with E-state index < -0.39 is 117 Å². The van der Waals surface area contributed by atoms with E-state index in [0.29, 0.717) is 0 Å². The summed E-state index contributed by atoms with van der Waals surface area (Å²) >= 11 is 0. The Morgan fingerprint density at radius 1 is 1.06 bits per heavy atom. The summed E-state index contributed by atoms with van der Waals surface area (Å²) in [5.41, 5.74) is 0.897. The number of ether oxygens (including phenoxy) is 6. The molecule has 4 rings (SSSR count). The van der Waals surface area contributed by atoms with Gasteiger partial charge >= 0.3 is 29.6 Å². The molecule has 0 saturated carbocycles. The van der Waals surface area contributed by atoms with E-state index in [0.717, 1.165) is 12.5 Å². The van der Waals surface area contributed by atoms with Gasteiger partial charge in [-0.05, 0) is 12.0 Å². The first-order valence-electron chi connectivity index (χ1n) is 15.5. The Labute approximate surface area is 303 Å². The molecule has 3 aliphatic rings. The van der Waals surface area contributed by atoms with E-state index in [4.69, 9.17) is 28.4 Å². The van der Waals surface area contributed by atoms with Crippen LogP contribution in [0.3, 0.4) is 0 Å². The van der Waals surface area contributed by atoms with E-state index in [2.05, 4.69) is 5.32 Å². The number of hydrogen-bond acceptors (Lipinski definition) is 17. The maximum Gasteiger partial charge on any atom is 1.00 e. The monoisotopic (exact) mass is 713 g/mol. The fourth-order valence-electron chi connectivity index (χ4n) is 5.94. The van der Waals surface area contributed by atoms with Crippen LogP contribution >= 0.6 is 0 Å². The van der Waals surface area contributed by atoms with E-state index >= 15 is 0 Å². The summed E-state index contributed by atoms with van der Waals surface area (Å²) in [6.07, 6.45) is -21.0. The van der Waals surface area contributed by atoms with Gasteiger partial charge in [-0.1, -0.05) is 30.3 Å². The van der Waals surface area contributed by atoms with Gasteiger partial charge in [-0.25, -0.2) is 0 Å². The number of amides is 1. The third-order valence-corrected chi connectivity index (χ3v) is 8.52. The van der Waals surface area contributed by atoms with Crippen LogP contribution in [0.4, 0.5) is 0 Å². The molecule has 1 aromatic carbocycles. The van der Waals surface area contributed by atoms with Crippen LogP contribution < -0.4 is 40.0 Å². The summed E-state index contributed by atoms with van der Waals surface area (Å²) < 4.78 is 33.9. The molecule has 3 aliphatic heterocycles. The Kier molecular flexibility index (Phi) is 16.2. The molecule has 9 N–H and O–H groups in total. The number of hydrogen-bond donors (Lipinski definition) is 9. The van der Waals surface area contributed by atoms with Gasteiger partial charge in [0, 0.05) is 20.0 Å². The number of carboxylic acid groups (broad SMARTS) is 1. The quantitative estimate of drug-likeness (QED) is 0.0809. The number of rotatable bonds is 14. The van der Waals surface area contributed by atoms with E-state index in [1.54, 1.807) is 0 Å². The van der Waals surface area contributed by atoms with Crippen LogP contribution in [0.2, 0.25) is 0 Å². The third kappa shape index (κ3) is 10.1. The van der Waals surface area contributed by atoms with Gasteiger partial charge < -0.3 is 84.5 Å². The Balaban J connectivity index is 0.00000650. The van der Waals surface area contributed by atoms with Crippen LogP contribution in [0.25, 0.3) is 0 Å². The molecule has 0 radical (unpaired) electrons. The Morgan fingerprint density at radius 3 is 2.37 bits per heavy atom. The number of aliphatic carboxylic acids is 1. The molecule has 272 valence electrons. The molecule has 0 aromatic heterocycles. The van der Waals surface area contributed by atoms with Crippen LogP contribution in [-0.4, -0.2) is 164 Å². The van der Waals surface area contributed by atoms with Gasteiger partial charge in [0.2, 0.25) is 11.7 Å². The van der Waals surface area contributed by atoms with Crippen LogP contribution in [0.15, 0.2) is 30.3 Å².